The molecule has 3 aromatic rings. The fourth-order valence-electron chi connectivity index (χ4n) is 4.78. The Balaban J connectivity index is 1.27. The highest BCUT2D eigenvalue weighted by Crippen LogP contribution is 2.31. The number of likely N-dealkylation sites (N-methyl/N-ethyl adjacent to an activating group) is 1. The molecule has 1 fully saturated rings. The Bertz CT molecular complexity index is 1040. The molecule has 0 bridgehead atoms. The van der Waals surface area contributed by atoms with Crippen LogP contribution in [0.5, 0.6) is 5.75 Å². The first-order valence-corrected chi connectivity index (χ1v) is 11.2. The van der Waals surface area contributed by atoms with Crippen LogP contribution in [0, 0.1) is 0 Å². The molecule has 2 aromatic heterocycles. The Hall–Kier alpha value is -2.64. The number of anilines is 1. The van der Waals surface area contributed by atoms with E-state index < -0.39 is 0 Å². The van der Waals surface area contributed by atoms with Crippen LogP contribution in [-0.2, 0) is 24.2 Å². The highest BCUT2D eigenvalue weighted by atomic mass is 16.5. The van der Waals surface area contributed by atoms with E-state index in [1.807, 2.05) is 0 Å². The molecule has 4 heterocycles. The number of aromatic nitrogens is 3. The van der Waals surface area contributed by atoms with Crippen molar-refractivity contribution in [3.8, 4) is 5.75 Å². The van der Waals surface area contributed by atoms with Gasteiger partial charge in [0, 0.05) is 76.2 Å². The minimum absolute atomic E-state index is 0.226. The van der Waals surface area contributed by atoms with E-state index in [1.54, 1.807) is 13.4 Å². The van der Waals surface area contributed by atoms with Crippen molar-refractivity contribution in [1.29, 1.82) is 0 Å². The maximum Gasteiger partial charge on any atom is 0.136 e. The molecule has 1 saturated heterocycles. The van der Waals surface area contributed by atoms with Gasteiger partial charge in [-0.15, -0.1) is 0 Å². The number of fused-ring (bicyclic) bond motifs is 2. The van der Waals surface area contributed by atoms with Crippen LogP contribution in [0.2, 0.25) is 0 Å². The molecule has 2 aliphatic heterocycles. The van der Waals surface area contributed by atoms with E-state index in [0.29, 0.717) is 6.61 Å². The van der Waals surface area contributed by atoms with Gasteiger partial charge in [0.1, 0.15) is 24.0 Å². The minimum atomic E-state index is 0.226. The molecular formula is C24H31N5O2. The van der Waals surface area contributed by atoms with Crippen LogP contribution in [0.25, 0.3) is 10.9 Å². The number of rotatable bonds is 6. The molecule has 7 nitrogen and oxygen atoms in total. The lowest BCUT2D eigenvalue weighted by Crippen LogP contribution is -2.40. The van der Waals surface area contributed by atoms with Gasteiger partial charge in [-0.25, -0.2) is 9.97 Å². The summed E-state index contributed by atoms with van der Waals surface area (Å²) in [5.41, 5.74) is 3.72. The van der Waals surface area contributed by atoms with E-state index in [1.165, 1.54) is 22.2 Å². The van der Waals surface area contributed by atoms with E-state index >= 15 is 0 Å². The van der Waals surface area contributed by atoms with Crippen LogP contribution < -0.4 is 9.64 Å². The first-order chi connectivity index (χ1) is 15.2. The summed E-state index contributed by atoms with van der Waals surface area (Å²) in [6, 6.07) is 8.47. The van der Waals surface area contributed by atoms with Crippen LogP contribution in [0.15, 0.2) is 36.8 Å². The molecular weight excluding hydrogens is 390 g/mol. The molecule has 0 radical (unpaired) electrons. The summed E-state index contributed by atoms with van der Waals surface area (Å²) in [6.45, 7) is 5.48. The zero-order valence-corrected chi connectivity index (χ0v) is 18.5. The summed E-state index contributed by atoms with van der Waals surface area (Å²) in [6.07, 6.45) is 7.08. The predicted octanol–water partition coefficient (Wildman–Crippen LogP) is 3.11. The van der Waals surface area contributed by atoms with Crippen LogP contribution in [0.1, 0.15) is 24.1 Å². The predicted molar refractivity (Wildman–Crippen MR) is 122 cm³/mol. The summed E-state index contributed by atoms with van der Waals surface area (Å²) < 4.78 is 13.9. The molecule has 0 aliphatic carbocycles. The first-order valence-electron chi connectivity index (χ1n) is 11.2. The quantitative estimate of drug-likeness (QED) is 0.610. The second-order valence-electron chi connectivity index (χ2n) is 8.61. The summed E-state index contributed by atoms with van der Waals surface area (Å²) in [4.78, 5) is 14.0. The number of benzene rings is 1. The Kier molecular flexibility index (Phi) is 5.78. The molecule has 1 aromatic carbocycles. The monoisotopic (exact) mass is 421 g/mol. The maximum absolute atomic E-state index is 6.49. The molecule has 31 heavy (non-hydrogen) atoms. The number of methoxy groups -OCH3 is 1. The highest BCUT2D eigenvalue weighted by molar-refractivity contribution is 5.86. The van der Waals surface area contributed by atoms with E-state index in [9.17, 15) is 0 Å². The SMILES string of the molecule is COCCn1ccc2c(OC3CCN(c4ncnc5c4CN(C)CC5)CC3)cccc21. The molecule has 0 N–H and O–H groups in total. The van der Waals surface area contributed by atoms with Crippen LogP contribution in [0.4, 0.5) is 5.82 Å². The van der Waals surface area contributed by atoms with Gasteiger partial charge >= 0.3 is 0 Å². The van der Waals surface area contributed by atoms with Crippen LogP contribution in [-0.4, -0.2) is 65.9 Å². The van der Waals surface area contributed by atoms with Crippen molar-refractivity contribution in [3.63, 3.8) is 0 Å². The van der Waals surface area contributed by atoms with Crippen molar-refractivity contribution in [2.24, 2.45) is 0 Å². The molecule has 164 valence electrons. The number of hydrogen-bond acceptors (Lipinski definition) is 6. The average Bonchev–Trinajstić information content (AvgIpc) is 3.22. The Morgan fingerprint density at radius 3 is 2.81 bits per heavy atom. The summed E-state index contributed by atoms with van der Waals surface area (Å²) in [7, 11) is 3.91. The van der Waals surface area contributed by atoms with Gasteiger partial charge < -0.3 is 23.8 Å². The Morgan fingerprint density at radius 2 is 1.97 bits per heavy atom. The molecule has 0 atom stereocenters. The van der Waals surface area contributed by atoms with Gasteiger partial charge in [0.05, 0.1) is 17.8 Å². The van der Waals surface area contributed by atoms with Gasteiger partial charge in [0.2, 0.25) is 0 Å². The topological polar surface area (TPSA) is 55.7 Å². The van der Waals surface area contributed by atoms with Gasteiger partial charge in [-0.1, -0.05) is 6.07 Å². The smallest absolute Gasteiger partial charge is 0.136 e. The van der Waals surface area contributed by atoms with E-state index in [0.717, 1.165) is 63.6 Å². The van der Waals surface area contributed by atoms with Crippen molar-refractivity contribution in [2.75, 3.05) is 45.3 Å². The Labute approximate surface area is 183 Å². The number of nitrogens with zero attached hydrogens (tertiary/aromatic N) is 5. The summed E-state index contributed by atoms with van der Waals surface area (Å²) in [5, 5.41) is 1.17. The molecule has 0 saturated carbocycles. The van der Waals surface area contributed by atoms with Crippen LogP contribution in [0.3, 0.4) is 0 Å². The second kappa shape index (κ2) is 8.85. The van der Waals surface area contributed by atoms with Crippen molar-refractivity contribution >= 4 is 16.7 Å². The fourth-order valence-corrected chi connectivity index (χ4v) is 4.78. The van der Waals surface area contributed by atoms with Crippen molar-refractivity contribution in [2.45, 2.75) is 38.5 Å². The highest BCUT2D eigenvalue weighted by Gasteiger charge is 2.26. The zero-order valence-electron chi connectivity index (χ0n) is 18.5. The number of piperidine rings is 1. The van der Waals surface area contributed by atoms with Crippen molar-refractivity contribution in [3.05, 3.63) is 48.0 Å². The normalized spacial score (nSPS) is 17.8. The minimum Gasteiger partial charge on any atom is -0.490 e. The third-order valence-corrected chi connectivity index (χ3v) is 6.52. The molecule has 0 spiro atoms. The van der Waals surface area contributed by atoms with Gasteiger partial charge in [-0.3, -0.25) is 0 Å². The Morgan fingerprint density at radius 1 is 1.10 bits per heavy atom. The third kappa shape index (κ3) is 4.12. The second-order valence-corrected chi connectivity index (χ2v) is 8.61. The number of hydrogen-bond donors (Lipinski definition) is 0. The first kappa shape index (κ1) is 20.3. The molecule has 7 heteroatoms. The molecule has 0 unspecified atom stereocenters. The fraction of sp³-hybridized carbons (Fsp3) is 0.500. The van der Waals surface area contributed by atoms with E-state index in [4.69, 9.17) is 9.47 Å². The molecule has 5 rings (SSSR count). The third-order valence-electron chi connectivity index (χ3n) is 6.52. The van der Waals surface area contributed by atoms with Gasteiger partial charge in [0.25, 0.3) is 0 Å². The van der Waals surface area contributed by atoms with Crippen molar-refractivity contribution in [1.82, 2.24) is 19.4 Å². The lowest BCUT2D eigenvalue weighted by atomic mass is 10.0. The van der Waals surface area contributed by atoms with Gasteiger partial charge in [0.15, 0.2) is 0 Å². The molecule has 2 aliphatic rings. The average molecular weight is 422 g/mol. The maximum atomic E-state index is 6.49. The number of ether oxygens (including phenoxy) is 2. The summed E-state index contributed by atoms with van der Waals surface area (Å²) in [5.74, 6) is 2.10. The largest absolute Gasteiger partial charge is 0.490 e. The standard InChI is InChI=1S/C24H31N5O2/c1-27-10-9-21-20(16-27)24(26-17-25-21)29-11-6-18(7-12-29)31-23-5-3-4-22-19(23)8-13-28(22)14-15-30-2/h3-5,8,13,17-18H,6-7,9-12,14-16H2,1-2H3. The van der Waals surface area contributed by atoms with Gasteiger partial charge in [-0.2, -0.15) is 0 Å². The lowest BCUT2D eigenvalue weighted by molar-refractivity contribution is 0.172. The zero-order chi connectivity index (χ0) is 21.2. The van der Waals surface area contributed by atoms with Crippen LogP contribution >= 0.6 is 0 Å². The molecule has 0 amide bonds. The van der Waals surface area contributed by atoms with E-state index in [-0.39, 0.29) is 6.10 Å². The van der Waals surface area contributed by atoms with E-state index in [2.05, 4.69) is 61.8 Å². The van der Waals surface area contributed by atoms with Crippen molar-refractivity contribution < 1.29 is 9.47 Å². The van der Waals surface area contributed by atoms with Gasteiger partial charge in [-0.05, 0) is 25.2 Å². The summed E-state index contributed by atoms with van der Waals surface area (Å²) >= 11 is 0. The lowest BCUT2D eigenvalue weighted by Gasteiger charge is -2.35.